The van der Waals surface area contributed by atoms with Crippen molar-refractivity contribution < 1.29 is 0 Å². The van der Waals surface area contributed by atoms with Gasteiger partial charge in [-0.05, 0) is 18.4 Å². The van der Waals surface area contributed by atoms with Gasteiger partial charge >= 0.3 is 0 Å². The van der Waals surface area contributed by atoms with Gasteiger partial charge in [-0.25, -0.2) is 4.98 Å². The molecule has 2 heterocycles. The number of nitrogens with zero attached hydrogens (tertiary/aromatic N) is 3. The third-order valence-electron chi connectivity index (χ3n) is 2.00. The molecule has 0 aliphatic carbocycles. The van der Waals surface area contributed by atoms with Gasteiger partial charge in [0.2, 0.25) is 0 Å². The number of hydrogen-bond acceptors (Lipinski definition) is 2. The lowest BCUT2D eigenvalue weighted by atomic mass is 10.3. The average Bonchev–Trinajstić information content (AvgIpc) is 2.91. The van der Waals surface area contributed by atoms with Crippen LogP contribution in [0.3, 0.4) is 0 Å². The van der Waals surface area contributed by atoms with Gasteiger partial charge in [-0.15, -0.1) is 0 Å². The van der Waals surface area contributed by atoms with Crippen molar-refractivity contribution in [3.63, 3.8) is 0 Å². The molecule has 0 fully saturated rings. The lowest BCUT2D eigenvalue weighted by Gasteiger charge is -1.93. The number of H-pyrrole nitrogens is 1. The second-order valence-electron chi connectivity index (χ2n) is 3.26. The van der Waals surface area contributed by atoms with Crippen molar-refractivity contribution in [2.24, 2.45) is 0 Å². The van der Waals surface area contributed by atoms with Crippen LogP contribution in [-0.4, -0.2) is 19.7 Å². The molecule has 0 saturated carbocycles. The molecular weight excluding hydrogens is 188 g/mol. The van der Waals surface area contributed by atoms with Crippen LogP contribution in [0.1, 0.15) is 25.8 Å². The zero-order chi connectivity index (χ0) is 10.9. The topological polar surface area (TPSA) is 46.5 Å². The number of aromatic amines is 1. The van der Waals surface area contributed by atoms with E-state index in [9.17, 15) is 0 Å². The number of aryl methyl sites for hydroxylation is 2. The highest BCUT2D eigenvalue weighted by Gasteiger charge is 1.83. The van der Waals surface area contributed by atoms with E-state index in [-0.39, 0.29) is 0 Å². The van der Waals surface area contributed by atoms with Crippen LogP contribution >= 0.6 is 0 Å². The highest BCUT2D eigenvalue weighted by molar-refractivity contribution is 5.00. The Bertz CT molecular complexity index is 323. The van der Waals surface area contributed by atoms with Crippen molar-refractivity contribution in [1.82, 2.24) is 19.7 Å². The minimum atomic E-state index is 1.07. The van der Waals surface area contributed by atoms with E-state index in [2.05, 4.69) is 33.6 Å². The van der Waals surface area contributed by atoms with Crippen LogP contribution in [0.15, 0.2) is 31.1 Å². The summed E-state index contributed by atoms with van der Waals surface area (Å²) in [7, 11) is 0. The van der Waals surface area contributed by atoms with Crippen molar-refractivity contribution in [2.75, 3.05) is 0 Å². The number of nitrogens with one attached hydrogen (secondary N) is 1. The molecule has 0 aliphatic heterocycles. The number of rotatable bonds is 3. The monoisotopic (exact) mass is 206 g/mol. The van der Waals surface area contributed by atoms with E-state index < -0.39 is 0 Å². The van der Waals surface area contributed by atoms with Gasteiger partial charge in [-0.1, -0.05) is 13.8 Å². The number of imidazole rings is 1. The van der Waals surface area contributed by atoms with E-state index in [1.54, 1.807) is 6.20 Å². The SMILES string of the molecule is CCCn1ccnc1.CCc1cn[nH]c1. The van der Waals surface area contributed by atoms with Crippen LogP contribution in [0.25, 0.3) is 0 Å². The van der Waals surface area contributed by atoms with E-state index in [1.807, 2.05) is 24.9 Å². The summed E-state index contributed by atoms with van der Waals surface area (Å²) in [5.41, 5.74) is 1.26. The van der Waals surface area contributed by atoms with Gasteiger partial charge in [-0.3, -0.25) is 5.10 Å². The maximum Gasteiger partial charge on any atom is 0.0945 e. The van der Waals surface area contributed by atoms with Gasteiger partial charge in [0.25, 0.3) is 0 Å². The van der Waals surface area contributed by atoms with Gasteiger partial charge in [0.1, 0.15) is 0 Å². The van der Waals surface area contributed by atoms with Crippen LogP contribution in [0.5, 0.6) is 0 Å². The summed E-state index contributed by atoms with van der Waals surface area (Å²) >= 11 is 0. The summed E-state index contributed by atoms with van der Waals surface area (Å²) in [4.78, 5) is 3.90. The van der Waals surface area contributed by atoms with Crippen LogP contribution in [-0.2, 0) is 13.0 Å². The number of hydrogen-bond donors (Lipinski definition) is 1. The summed E-state index contributed by atoms with van der Waals surface area (Å²) in [6, 6.07) is 0. The summed E-state index contributed by atoms with van der Waals surface area (Å²) in [5.74, 6) is 0. The first-order chi connectivity index (χ1) is 7.36. The summed E-state index contributed by atoms with van der Waals surface area (Å²) in [6.07, 6.45) is 11.6. The predicted octanol–water partition coefficient (Wildman–Crippen LogP) is 2.27. The minimum Gasteiger partial charge on any atom is -0.338 e. The fraction of sp³-hybridized carbons (Fsp3) is 0.455. The summed E-state index contributed by atoms with van der Waals surface area (Å²) < 4.78 is 2.07. The van der Waals surface area contributed by atoms with Crippen molar-refractivity contribution in [3.05, 3.63) is 36.7 Å². The van der Waals surface area contributed by atoms with Crippen LogP contribution in [0.4, 0.5) is 0 Å². The Kier molecular flexibility index (Phi) is 5.22. The van der Waals surface area contributed by atoms with Crippen molar-refractivity contribution in [3.8, 4) is 0 Å². The fourth-order valence-electron chi connectivity index (χ4n) is 1.15. The van der Waals surface area contributed by atoms with Crippen molar-refractivity contribution in [2.45, 2.75) is 33.2 Å². The molecule has 2 rings (SSSR count). The summed E-state index contributed by atoms with van der Waals surface area (Å²) in [6.45, 7) is 5.34. The average molecular weight is 206 g/mol. The van der Waals surface area contributed by atoms with Gasteiger partial charge < -0.3 is 4.57 Å². The molecule has 1 N–H and O–H groups in total. The zero-order valence-electron chi connectivity index (χ0n) is 9.35. The van der Waals surface area contributed by atoms with E-state index in [0.29, 0.717) is 0 Å². The number of aromatic nitrogens is 4. The molecule has 0 aromatic carbocycles. The molecule has 0 radical (unpaired) electrons. The Morgan fingerprint density at radius 2 is 2.27 bits per heavy atom. The maximum absolute atomic E-state index is 3.90. The van der Waals surface area contributed by atoms with Crippen LogP contribution < -0.4 is 0 Å². The highest BCUT2D eigenvalue weighted by Crippen LogP contribution is 1.91. The van der Waals surface area contributed by atoms with Crippen LogP contribution in [0.2, 0.25) is 0 Å². The molecule has 4 heteroatoms. The largest absolute Gasteiger partial charge is 0.338 e. The molecule has 0 bridgehead atoms. The molecular formula is C11H18N4. The molecule has 2 aromatic rings. The van der Waals surface area contributed by atoms with Gasteiger partial charge in [-0.2, -0.15) is 5.10 Å². The second-order valence-corrected chi connectivity index (χ2v) is 3.26. The van der Waals surface area contributed by atoms with Crippen molar-refractivity contribution >= 4 is 0 Å². The molecule has 0 atom stereocenters. The molecule has 4 nitrogen and oxygen atoms in total. The molecule has 0 saturated heterocycles. The molecule has 15 heavy (non-hydrogen) atoms. The van der Waals surface area contributed by atoms with Crippen molar-refractivity contribution in [1.29, 1.82) is 0 Å². The molecule has 0 spiro atoms. The Morgan fingerprint density at radius 1 is 1.40 bits per heavy atom. The van der Waals surface area contributed by atoms with Gasteiger partial charge in [0.05, 0.1) is 12.5 Å². The van der Waals surface area contributed by atoms with Gasteiger partial charge in [0, 0.05) is 25.1 Å². The molecule has 2 aromatic heterocycles. The first kappa shape index (κ1) is 11.5. The maximum atomic E-state index is 3.90. The Morgan fingerprint density at radius 3 is 2.67 bits per heavy atom. The smallest absolute Gasteiger partial charge is 0.0945 e. The fourth-order valence-corrected chi connectivity index (χ4v) is 1.15. The lowest BCUT2D eigenvalue weighted by Crippen LogP contribution is -1.90. The second kappa shape index (κ2) is 6.81. The van der Waals surface area contributed by atoms with E-state index >= 15 is 0 Å². The Labute approximate surface area is 90.4 Å². The third-order valence-corrected chi connectivity index (χ3v) is 2.00. The van der Waals surface area contributed by atoms with E-state index in [4.69, 9.17) is 0 Å². The van der Waals surface area contributed by atoms with E-state index in [0.717, 1.165) is 13.0 Å². The Balaban J connectivity index is 0.000000151. The molecule has 0 amide bonds. The minimum absolute atomic E-state index is 1.07. The molecule has 82 valence electrons. The zero-order valence-corrected chi connectivity index (χ0v) is 9.35. The first-order valence-corrected chi connectivity index (χ1v) is 5.30. The van der Waals surface area contributed by atoms with Gasteiger partial charge in [0.15, 0.2) is 0 Å². The normalized spacial score (nSPS) is 9.47. The molecule has 0 unspecified atom stereocenters. The van der Waals surface area contributed by atoms with E-state index in [1.165, 1.54) is 12.0 Å². The lowest BCUT2D eigenvalue weighted by molar-refractivity contribution is 0.678. The molecule has 0 aliphatic rings. The first-order valence-electron chi connectivity index (χ1n) is 5.30. The Hall–Kier alpha value is -1.58. The summed E-state index contributed by atoms with van der Waals surface area (Å²) in [5, 5.41) is 6.50. The van der Waals surface area contributed by atoms with Crippen LogP contribution in [0, 0.1) is 0 Å². The third kappa shape index (κ3) is 4.44. The quantitative estimate of drug-likeness (QED) is 0.837. The standard InChI is InChI=1S/C6H10N2.C5H8N2/c1-2-4-8-5-3-7-6-8;1-2-5-3-6-7-4-5/h3,5-6H,2,4H2,1H3;3-4H,2H2,1H3,(H,6,7). The highest BCUT2D eigenvalue weighted by atomic mass is 15.1. The predicted molar refractivity (Wildman–Crippen MR) is 60.5 cm³/mol.